The van der Waals surface area contributed by atoms with Crippen LogP contribution in [0.1, 0.15) is 44.9 Å². The fourth-order valence-electron chi connectivity index (χ4n) is 5.24. The highest BCUT2D eigenvalue weighted by molar-refractivity contribution is 7.52. The first-order valence-corrected chi connectivity index (χ1v) is 15.8. The molecule has 2 aromatic heterocycles. The zero-order valence-electron chi connectivity index (χ0n) is 24.3. The Labute approximate surface area is 252 Å². The normalized spacial score (nSPS) is 25.6. The van der Waals surface area contributed by atoms with Gasteiger partial charge >= 0.3 is 13.7 Å². The van der Waals surface area contributed by atoms with E-state index in [1.165, 1.54) is 25.4 Å². The minimum atomic E-state index is -4.41. The molecule has 0 aliphatic carbocycles. The van der Waals surface area contributed by atoms with Gasteiger partial charge in [0.2, 0.25) is 0 Å². The molecule has 1 aromatic carbocycles. The van der Waals surface area contributed by atoms with Crippen LogP contribution in [0.4, 0.5) is 14.6 Å². The third kappa shape index (κ3) is 6.85. The van der Waals surface area contributed by atoms with Crippen molar-refractivity contribution < 1.29 is 36.7 Å². The Kier molecular flexibility index (Phi) is 9.20. The number of alkyl halides is 2. The Morgan fingerprint density at radius 1 is 1.30 bits per heavy atom. The number of carbonyl (C=O) groups is 1. The molecule has 16 heteroatoms. The SMILES string of the molecule is CCN1CCC(OC(=O)[C@H](C)NP(=O)(OC[C@]2(C#N)CC[C@H](c3ccc4c(N)ncnn34)O2)Oc2ccccc2)C(F)(F)C1. The fraction of sp³-hybridized carbons (Fsp3) is 0.500. The summed E-state index contributed by atoms with van der Waals surface area (Å²) in [5.74, 6) is -3.86. The van der Waals surface area contributed by atoms with Crippen molar-refractivity contribution in [2.45, 2.75) is 62.9 Å². The van der Waals surface area contributed by atoms with Crippen LogP contribution >= 0.6 is 7.75 Å². The van der Waals surface area contributed by atoms with Crippen molar-refractivity contribution in [3.8, 4) is 11.8 Å². The average Bonchev–Trinajstić information content (AvgIpc) is 3.63. The number of hydrogen-bond acceptors (Lipinski definition) is 11. The summed E-state index contributed by atoms with van der Waals surface area (Å²) >= 11 is 0. The van der Waals surface area contributed by atoms with Gasteiger partial charge in [0.25, 0.3) is 5.92 Å². The van der Waals surface area contributed by atoms with E-state index in [1.807, 2.05) is 0 Å². The number of aromatic nitrogens is 3. The third-order valence-corrected chi connectivity index (χ3v) is 9.31. The maximum Gasteiger partial charge on any atom is 0.459 e. The number of piperidine rings is 1. The molecule has 0 saturated carbocycles. The first kappa shape index (κ1) is 31.7. The molecule has 4 heterocycles. The lowest BCUT2D eigenvalue weighted by atomic mass is 10.0. The predicted octanol–water partition coefficient (Wildman–Crippen LogP) is 3.88. The summed E-state index contributed by atoms with van der Waals surface area (Å²) < 4.78 is 67.6. The van der Waals surface area contributed by atoms with E-state index in [9.17, 15) is 23.4 Å². The van der Waals surface area contributed by atoms with Crippen molar-refractivity contribution in [3.63, 3.8) is 0 Å². The summed E-state index contributed by atoms with van der Waals surface area (Å²) in [6.07, 6.45) is -0.298. The molecule has 3 aromatic rings. The maximum atomic E-state index is 14.7. The number of ether oxygens (including phenoxy) is 2. The zero-order valence-corrected chi connectivity index (χ0v) is 25.2. The highest BCUT2D eigenvalue weighted by Gasteiger charge is 2.48. The molecule has 0 radical (unpaired) electrons. The Morgan fingerprint density at radius 2 is 2.07 bits per heavy atom. The minimum absolute atomic E-state index is 0.0489. The zero-order chi connectivity index (χ0) is 31.5. The summed E-state index contributed by atoms with van der Waals surface area (Å²) in [6.45, 7) is 2.86. The molecule has 2 aliphatic heterocycles. The number of rotatable bonds is 11. The van der Waals surface area contributed by atoms with Gasteiger partial charge in [-0.05, 0) is 50.6 Å². The maximum absolute atomic E-state index is 14.7. The number of nitrogens with one attached hydrogen (secondary N) is 1. The Balaban J connectivity index is 1.29. The van der Waals surface area contributed by atoms with Crippen molar-refractivity contribution in [3.05, 3.63) is 54.5 Å². The number of nitrogen functional groups attached to an aromatic ring is 1. The van der Waals surface area contributed by atoms with Gasteiger partial charge in [-0.2, -0.15) is 15.4 Å². The van der Waals surface area contributed by atoms with Gasteiger partial charge in [-0.3, -0.25) is 14.2 Å². The lowest BCUT2D eigenvalue weighted by Crippen LogP contribution is -2.54. The summed E-state index contributed by atoms with van der Waals surface area (Å²) in [5.41, 5.74) is 5.64. The highest BCUT2D eigenvalue weighted by atomic mass is 31.2. The Morgan fingerprint density at radius 3 is 2.77 bits per heavy atom. The molecule has 236 valence electrons. The van der Waals surface area contributed by atoms with Crippen LogP contribution in [0.3, 0.4) is 0 Å². The van der Waals surface area contributed by atoms with Crippen LogP contribution < -0.4 is 15.3 Å². The minimum Gasteiger partial charge on any atom is -0.455 e. The first-order valence-electron chi connectivity index (χ1n) is 14.2. The smallest absolute Gasteiger partial charge is 0.455 e. The van der Waals surface area contributed by atoms with Crippen molar-refractivity contribution >= 4 is 25.1 Å². The first-order chi connectivity index (χ1) is 21.0. The van der Waals surface area contributed by atoms with Crippen LogP contribution in [-0.2, 0) is 23.4 Å². The number of nitrogens with two attached hydrogens (primary N) is 1. The van der Waals surface area contributed by atoms with Gasteiger partial charge in [-0.1, -0.05) is 25.1 Å². The van der Waals surface area contributed by atoms with E-state index < -0.39 is 56.6 Å². The lowest BCUT2D eigenvalue weighted by Gasteiger charge is -2.37. The molecular weight excluding hydrogens is 599 g/mol. The van der Waals surface area contributed by atoms with E-state index >= 15 is 0 Å². The lowest BCUT2D eigenvalue weighted by molar-refractivity contribution is -0.189. The van der Waals surface area contributed by atoms with Crippen LogP contribution in [0.5, 0.6) is 5.75 Å². The molecule has 0 amide bonds. The van der Waals surface area contributed by atoms with Crippen molar-refractivity contribution in [1.29, 1.82) is 5.26 Å². The van der Waals surface area contributed by atoms with Crippen molar-refractivity contribution in [1.82, 2.24) is 24.6 Å². The largest absolute Gasteiger partial charge is 0.459 e. The monoisotopic (exact) mass is 633 g/mol. The molecule has 2 aliphatic rings. The Hall–Kier alpha value is -3.67. The summed E-state index contributed by atoms with van der Waals surface area (Å²) in [5, 5.41) is 16.8. The second kappa shape index (κ2) is 12.7. The van der Waals surface area contributed by atoms with Gasteiger partial charge < -0.3 is 19.7 Å². The predicted molar refractivity (Wildman–Crippen MR) is 154 cm³/mol. The topological polar surface area (TPSA) is 166 Å². The van der Waals surface area contributed by atoms with E-state index in [2.05, 4.69) is 21.2 Å². The third-order valence-electron chi connectivity index (χ3n) is 7.68. The number of halogens is 2. The van der Waals surface area contributed by atoms with Crippen LogP contribution in [0.15, 0.2) is 48.8 Å². The van der Waals surface area contributed by atoms with Gasteiger partial charge in [-0.15, -0.1) is 0 Å². The molecule has 44 heavy (non-hydrogen) atoms. The van der Waals surface area contributed by atoms with Crippen LogP contribution in [-0.4, -0.2) is 75.4 Å². The van der Waals surface area contributed by atoms with Gasteiger partial charge in [-0.25, -0.2) is 22.8 Å². The quantitative estimate of drug-likeness (QED) is 0.232. The molecule has 2 saturated heterocycles. The van der Waals surface area contributed by atoms with Gasteiger partial charge in [0.1, 0.15) is 42.4 Å². The Bertz CT molecular complexity index is 1570. The number of hydrogen-bond donors (Lipinski definition) is 2. The number of likely N-dealkylation sites (tertiary alicyclic amines) is 1. The van der Waals surface area contributed by atoms with Gasteiger partial charge in [0, 0.05) is 13.0 Å². The van der Waals surface area contributed by atoms with Crippen LogP contribution in [0.2, 0.25) is 0 Å². The number of nitriles is 1. The molecule has 5 atom stereocenters. The van der Waals surface area contributed by atoms with Crippen molar-refractivity contribution in [2.24, 2.45) is 0 Å². The number of benzene rings is 1. The number of anilines is 1. The molecule has 2 fully saturated rings. The second-order valence-electron chi connectivity index (χ2n) is 10.8. The van der Waals surface area contributed by atoms with E-state index in [0.29, 0.717) is 30.7 Å². The van der Waals surface area contributed by atoms with E-state index in [0.717, 1.165) is 0 Å². The number of para-hydroxylation sites is 1. The summed E-state index contributed by atoms with van der Waals surface area (Å²) in [4.78, 5) is 18.5. The summed E-state index contributed by atoms with van der Waals surface area (Å²) in [7, 11) is -4.41. The number of fused-ring (bicyclic) bond motifs is 1. The summed E-state index contributed by atoms with van der Waals surface area (Å²) in [6, 6.07) is 12.3. The number of carbonyl (C=O) groups excluding carboxylic acids is 1. The average molecular weight is 634 g/mol. The molecule has 5 rings (SSSR count). The van der Waals surface area contributed by atoms with Gasteiger partial charge in [0.15, 0.2) is 17.5 Å². The molecule has 0 bridgehead atoms. The number of esters is 1. The molecular formula is C28H34F2N7O6P. The van der Waals surface area contributed by atoms with Crippen LogP contribution in [0.25, 0.3) is 5.52 Å². The molecule has 13 nitrogen and oxygen atoms in total. The van der Waals surface area contributed by atoms with Gasteiger partial charge in [0.05, 0.1) is 12.2 Å². The second-order valence-corrected chi connectivity index (χ2v) is 12.5. The van der Waals surface area contributed by atoms with Crippen LogP contribution in [0, 0.1) is 11.3 Å². The van der Waals surface area contributed by atoms with Crippen molar-refractivity contribution in [2.75, 3.05) is 32.0 Å². The van der Waals surface area contributed by atoms with E-state index in [-0.39, 0.29) is 24.4 Å². The standard InChI is InChI=1S/C28H34F2N7O6P/c1-3-36-14-12-24(28(29,30)16-36)41-26(38)19(2)35-44(39,43-20-7-5-4-6-8-20)40-17-27(15-31)13-11-23(42-27)21-9-10-22-25(32)33-18-34-37(21)22/h4-10,18-19,23-24H,3,11-14,16-17H2,1-2H3,(H,35,39)(H2,32,33,34)/t19-,23+,24?,27+,44?/m0/s1. The van der Waals surface area contributed by atoms with E-state index in [1.54, 1.807) is 46.7 Å². The highest BCUT2D eigenvalue weighted by Crippen LogP contribution is 2.48. The van der Waals surface area contributed by atoms with E-state index in [4.69, 9.17) is 24.3 Å². The molecule has 2 unspecified atom stereocenters. The number of nitrogens with zero attached hydrogens (tertiary/aromatic N) is 5. The fourth-order valence-corrected chi connectivity index (χ4v) is 6.77. The molecule has 3 N–H and O–H groups in total. The molecule has 0 spiro atoms.